The molecule has 0 radical (unpaired) electrons. The summed E-state index contributed by atoms with van der Waals surface area (Å²) in [6.07, 6.45) is 5.61. The normalized spacial score (nSPS) is 20.1. The number of allylic oxidation sites excluding steroid dienone is 1. The summed E-state index contributed by atoms with van der Waals surface area (Å²) in [5.74, 6) is 0.00862. The highest BCUT2D eigenvalue weighted by molar-refractivity contribution is 5.95. The highest BCUT2D eigenvalue weighted by Crippen LogP contribution is 2.49. The highest BCUT2D eigenvalue weighted by Gasteiger charge is 2.42. The van der Waals surface area contributed by atoms with Crippen molar-refractivity contribution in [2.24, 2.45) is 7.05 Å². The van der Waals surface area contributed by atoms with Crippen LogP contribution in [0.1, 0.15) is 79.7 Å². The molecule has 1 N–H and O–H groups in total. The second kappa shape index (κ2) is 11.5. The smallest absolute Gasteiger partial charge is 0.337 e. The lowest BCUT2D eigenvalue weighted by molar-refractivity contribution is -0.385. The molecule has 1 unspecified atom stereocenters. The molecule has 1 aliphatic carbocycles. The molecule has 2 aliphatic heterocycles. The van der Waals surface area contributed by atoms with Crippen LogP contribution >= 0.6 is 0 Å². The topological polar surface area (TPSA) is 103 Å². The average Bonchev–Trinajstić information content (AvgIpc) is 3.62. The molecule has 1 saturated heterocycles. The molecule has 2 fully saturated rings. The van der Waals surface area contributed by atoms with E-state index in [1.807, 2.05) is 24.7 Å². The van der Waals surface area contributed by atoms with Crippen molar-refractivity contribution in [1.29, 1.82) is 0 Å². The minimum atomic E-state index is -0.636. The Kier molecular flexibility index (Phi) is 7.62. The lowest BCUT2D eigenvalue weighted by Crippen LogP contribution is -2.38. The summed E-state index contributed by atoms with van der Waals surface area (Å²) in [5, 5.41) is 20.5. The lowest BCUT2D eigenvalue weighted by Gasteiger charge is -2.33. The molecule has 2 aromatic carbocycles. The third kappa shape index (κ3) is 5.38. The van der Waals surface area contributed by atoms with E-state index in [-0.39, 0.29) is 22.6 Å². The molecular weight excluding hydrogens is 518 g/mol. The number of para-hydroxylation sites is 1. The van der Waals surface area contributed by atoms with Gasteiger partial charge >= 0.3 is 5.97 Å². The molecule has 0 bridgehead atoms. The fourth-order valence-corrected chi connectivity index (χ4v) is 6.82. The number of carbonyl (C=O) groups is 1. The number of aryl methyl sites for hydroxylation is 1. The Morgan fingerprint density at radius 3 is 2.44 bits per heavy atom. The number of nitro groups is 1. The maximum Gasteiger partial charge on any atom is 0.337 e. The Balaban J connectivity index is 1.30. The van der Waals surface area contributed by atoms with Crippen molar-refractivity contribution >= 4 is 17.5 Å². The number of benzene rings is 2. The number of carbonyl (C=O) groups excluding carboxylic acids is 1. The van der Waals surface area contributed by atoms with Crippen LogP contribution in [0.15, 0.2) is 65.9 Å². The summed E-state index contributed by atoms with van der Waals surface area (Å²) in [6.45, 7) is 4.42. The number of nitrogens with one attached hydrogen (secondary N) is 1. The van der Waals surface area contributed by atoms with Crippen LogP contribution in [0.25, 0.3) is 0 Å². The first-order valence-corrected chi connectivity index (χ1v) is 14.7. The minimum Gasteiger partial charge on any atom is -0.459 e. The van der Waals surface area contributed by atoms with Crippen LogP contribution in [0.5, 0.6) is 0 Å². The van der Waals surface area contributed by atoms with Gasteiger partial charge < -0.3 is 10.1 Å². The van der Waals surface area contributed by atoms with Gasteiger partial charge in [0.2, 0.25) is 0 Å². The molecule has 41 heavy (non-hydrogen) atoms. The van der Waals surface area contributed by atoms with Crippen LogP contribution in [0.3, 0.4) is 0 Å². The Bertz CT molecular complexity index is 1470. The number of rotatable bonds is 7. The summed E-state index contributed by atoms with van der Waals surface area (Å²) in [7, 11) is 1.89. The van der Waals surface area contributed by atoms with Crippen LogP contribution in [-0.4, -0.2) is 44.8 Å². The Morgan fingerprint density at radius 2 is 1.73 bits per heavy atom. The van der Waals surface area contributed by atoms with Gasteiger partial charge in [-0.15, -0.1) is 0 Å². The first-order chi connectivity index (χ1) is 19.9. The molecular formula is C32H37N5O4. The van der Waals surface area contributed by atoms with Crippen molar-refractivity contribution in [3.8, 4) is 0 Å². The van der Waals surface area contributed by atoms with E-state index < -0.39 is 11.9 Å². The van der Waals surface area contributed by atoms with Crippen LogP contribution < -0.4 is 5.32 Å². The molecule has 1 aromatic heterocycles. The summed E-state index contributed by atoms with van der Waals surface area (Å²) < 4.78 is 8.00. The number of ether oxygens (including phenoxy) is 1. The monoisotopic (exact) mass is 555 g/mol. The fourth-order valence-electron chi connectivity index (χ4n) is 6.82. The third-order valence-corrected chi connectivity index (χ3v) is 8.86. The highest BCUT2D eigenvalue weighted by atomic mass is 16.6. The summed E-state index contributed by atoms with van der Waals surface area (Å²) in [5.41, 5.74) is 4.65. The van der Waals surface area contributed by atoms with Crippen molar-refractivity contribution < 1.29 is 14.5 Å². The standard InChI is InChI=1S/C32H37N5O4/c1-21-27(32(38)41-24-16-18-36(19-17-24)20-22-10-4-3-5-11-22)28(25-14-8-9-15-26(25)37(39)40)29-30(23-12-6-7-13-23)34-35(2)31(29)33-21/h3-5,8-11,14-15,23-24,28,33H,6-7,12-13,16-20H2,1-2H3. The zero-order valence-electron chi connectivity index (χ0n) is 23.7. The van der Waals surface area contributed by atoms with Gasteiger partial charge in [0.1, 0.15) is 11.9 Å². The number of hydrogen-bond donors (Lipinski definition) is 1. The second-order valence-electron chi connectivity index (χ2n) is 11.5. The molecule has 9 nitrogen and oxygen atoms in total. The van der Waals surface area contributed by atoms with Crippen molar-refractivity contribution in [3.63, 3.8) is 0 Å². The molecule has 0 spiro atoms. The molecule has 3 aromatic rings. The Labute approximate surface area is 240 Å². The maximum absolute atomic E-state index is 14.0. The van der Waals surface area contributed by atoms with E-state index in [0.717, 1.165) is 75.2 Å². The van der Waals surface area contributed by atoms with Crippen molar-refractivity contribution in [1.82, 2.24) is 14.7 Å². The van der Waals surface area contributed by atoms with E-state index in [1.54, 1.807) is 18.2 Å². The quantitative estimate of drug-likeness (QED) is 0.216. The van der Waals surface area contributed by atoms with E-state index in [2.05, 4.69) is 34.5 Å². The van der Waals surface area contributed by atoms with Crippen LogP contribution in [-0.2, 0) is 23.1 Å². The van der Waals surface area contributed by atoms with Gasteiger partial charge in [0.05, 0.1) is 22.1 Å². The second-order valence-corrected chi connectivity index (χ2v) is 11.5. The number of hydrogen-bond acceptors (Lipinski definition) is 7. The van der Waals surface area contributed by atoms with Gasteiger partial charge in [0.15, 0.2) is 0 Å². The SMILES string of the molecule is CC1=C(C(=O)OC2CCN(Cc3ccccc3)CC2)C(c2ccccc2[N+](=O)[O-])c2c(C3CCCC3)nn(C)c2N1. The first kappa shape index (κ1) is 27.2. The average molecular weight is 556 g/mol. The zero-order chi connectivity index (χ0) is 28.5. The van der Waals surface area contributed by atoms with E-state index in [9.17, 15) is 14.9 Å². The molecule has 1 saturated carbocycles. The number of esters is 1. The molecule has 3 aliphatic rings. The third-order valence-electron chi connectivity index (χ3n) is 8.86. The van der Waals surface area contributed by atoms with Crippen LogP contribution in [0.4, 0.5) is 11.5 Å². The van der Waals surface area contributed by atoms with E-state index in [4.69, 9.17) is 9.84 Å². The zero-order valence-corrected chi connectivity index (χ0v) is 23.7. The van der Waals surface area contributed by atoms with Gasteiger partial charge in [-0.25, -0.2) is 4.79 Å². The number of piperidine rings is 1. The van der Waals surface area contributed by atoms with E-state index >= 15 is 0 Å². The van der Waals surface area contributed by atoms with Gasteiger partial charge in [-0.3, -0.25) is 19.7 Å². The number of nitrogens with zero attached hydrogens (tertiary/aromatic N) is 4. The molecule has 3 heterocycles. The largest absolute Gasteiger partial charge is 0.459 e. The number of aromatic nitrogens is 2. The van der Waals surface area contributed by atoms with Crippen LogP contribution in [0, 0.1) is 10.1 Å². The fraction of sp³-hybridized carbons (Fsp3) is 0.438. The van der Waals surface area contributed by atoms with E-state index in [0.29, 0.717) is 16.8 Å². The molecule has 9 heteroatoms. The summed E-state index contributed by atoms with van der Waals surface area (Å²) in [4.78, 5) is 28.3. The summed E-state index contributed by atoms with van der Waals surface area (Å²) >= 11 is 0. The van der Waals surface area contributed by atoms with E-state index in [1.165, 1.54) is 11.6 Å². The summed E-state index contributed by atoms with van der Waals surface area (Å²) in [6, 6.07) is 17.2. The molecule has 0 amide bonds. The molecule has 214 valence electrons. The van der Waals surface area contributed by atoms with Gasteiger partial charge in [0, 0.05) is 55.5 Å². The minimum absolute atomic E-state index is 0.00102. The van der Waals surface area contributed by atoms with Crippen molar-refractivity contribution in [2.75, 3.05) is 18.4 Å². The Hall–Kier alpha value is -3.98. The van der Waals surface area contributed by atoms with Gasteiger partial charge in [-0.05, 0) is 38.2 Å². The predicted molar refractivity (Wildman–Crippen MR) is 157 cm³/mol. The van der Waals surface area contributed by atoms with Gasteiger partial charge in [-0.1, -0.05) is 61.4 Å². The number of anilines is 1. The molecule has 6 rings (SSSR count). The Morgan fingerprint density at radius 1 is 1.05 bits per heavy atom. The number of nitro benzene ring substituents is 1. The number of fused-ring (bicyclic) bond motifs is 1. The van der Waals surface area contributed by atoms with Crippen molar-refractivity contribution in [3.05, 3.63) is 98.4 Å². The van der Waals surface area contributed by atoms with Gasteiger partial charge in [0.25, 0.3) is 5.69 Å². The van der Waals surface area contributed by atoms with Crippen molar-refractivity contribution in [2.45, 2.75) is 69.9 Å². The molecule has 1 atom stereocenters. The number of likely N-dealkylation sites (tertiary alicyclic amines) is 1. The predicted octanol–water partition coefficient (Wildman–Crippen LogP) is 6.03. The maximum atomic E-state index is 14.0. The van der Waals surface area contributed by atoms with Crippen LogP contribution in [0.2, 0.25) is 0 Å². The lowest BCUT2D eigenvalue weighted by atomic mass is 9.78. The first-order valence-electron chi connectivity index (χ1n) is 14.7. The van der Waals surface area contributed by atoms with Gasteiger partial charge in [-0.2, -0.15) is 5.10 Å².